The Hall–Kier alpha value is -0.200. The molecule has 5 nitrogen and oxygen atoms in total. The molecule has 12 atom stereocenters. The van der Waals surface area contributed by atoms with Gasteiger partial charge >= 0.3 is 0 Å². The van der Waals surface area contributed by atoms with E-state index in [1.807, 2.05) is 13.8 Å². The van der Waals surface area contributed by atoms with Crippen molar-refractivity contribution in [2.24, 2.45) is 44.8 Å². The first-order chi connectivity index (χ1) is 16.0. The number of aliphatic hydroxyl groups excluding tert-OH is 3. The molecular weight excluding hydrogens is 440 g/mol. The van der Waals surface area contributed by atoms with Crippen LogP contribution in [-0.4, -0.2) is 56.0 Å². The fourth-order valence-corrected chi connectivity index (χ4v) is 12.1. The van der Waals surface area contributed by atoms with Crippen molar-refractivity contribution in [1.82, 2.24) is 0 Å². The Labute approximate surface area is 212 Å². The summed E-state index contributed by atoms with van der Waals surface area (Å²) < 4.78 is 6.66. The van der Waals surface area contributed by atoms with Gasteiger partial charge < -0.3 is 25.2 Å². The van der Waals surface area contributed by atoms with Gasteiger partial charge in [0.1, 0.15) is 0 Å². The van der Waals surface area contributed by atoms with Crippen LogP contribution in [0.25, 0.3) is 0 Å². The number of ether oxygens (including phenoxy) is 1. The number of aliphatic hydroxyl groups is 4. The Balaban J connectivity index is 1.37. The van der Waals surface area contributed by atoms with E-state index in [0.717, 1.165) is 51.4 Å². The van der Waals surface area contributed by atoms with E-state index in [2.05, 4.69) is 34.6 Å². The van der Waals surface area contributed by atoms with Crippen LogP contribution in [0.1, 0.15) is 106 Å². The van der Waals surface area contributed by atoms with Crippen LogP contribution in [0.3, 0.4) is 0 Å². The summed E-state index contributed by atoms with van der Waals surface area (Å²) in [5.74, 6) is 0.577. The Morgan fingerprint density at radius 1 is 0.771 bits per heavy atom. The molecule has 35 heavy (non-hydrogen) atoms. The van der Waals surface area contributed by atoms with Crippen molar-refractivity contribution in [3.8, 4) is 0 Å². The molecule has 200 valence electrons. The van der Waals surface area contributed by atoms with Gasteiger partial charge in [0.05, 0.1) is 35.6 Å². The third-order valence-electron chi connectivity index (χ3n) is 13.8. The third-order valence-corrected chi connectivity index (χ3v) is 13.8. The molecular formula is C30H50O5. The molecule has 5 aliphatic carbocycles. The van der Waals surface area contributed by atoms with Crippen LogP contribution >= 0.6 is 0 Å². The molecule has 2 spiro atoms. The SMILES string of the molecule is CC(C)(O)[C@@H]1CC[C@](C)([C@H]2[C@@H](O)C[C@@]3(C)[C@@H]4C[C@H](O)[C@H]5C(C)(C)C(O)CC[C@@]56C[C@@]46CC[C@]23C)O1. The summed E-state index contributed by atoms with van der Waals surface area (Å²) >= 11 is 0. The van der Waals surface area contributed by atoms with E-state index in [-0.39, 0.29) is 51.1 Å². The largest absolute Gasteiger partial charge is 0.393 e. The van der Waals surface area contributed by atoms with Crippen LogP contribution in [0.15, 0.2) is 0 Å². The van der Waals surface area contributed by atoms with Crippen molar-refractivity contribution < 1.29 is 25.2 Å². The van der Waals surface area contributed by atoms with Crippen LogP contribution in [0.4, 0.5) is 0 Å². The first-order valence-electron chi connectivity index (χ1n) is 14.4. The van der Waals surface area contributed by atoms with Crippen molar-refractivity contribution in [1.29, 1.82) is 0 Å². The lowest BCUT2D eigenvalue weighted by Gasteiger charge is -2.64. The molecule has 6 rings (SSSR count). The fourth-order valence-electron chi connectivity index (χ4n) is 12.1. The Morgan fingerprint density at radius 2 is 1.46 bits per heavy atom. The molecule has 0 aromatic heterocycles. The maximum Gasteiger partial charge on any atom is 0.0865 e. The van der Waals surface area contributed by atoms with E-state index in [1.165, 1.54) is 6.42 Å². The summed E-state index contributed by atoms with van der Waals surface area (Å²) in [5.41, 5.74) is -1.35. The maximum atomic E-state index is 11.7. The zero-order valence-electron chi connectivity index (χ0n) is 23.1. The Bertz CT molecular complexity index is 911. The number of rotatable bonds is 2. The highest BCUT2D eigenvalue weighted by molar-refractivity contribution is 5.33. The molecule has 0 aromatic rings. The van der Waals surface area contributed by atoms with Crippen LogP contribution in [0, 0.1) is 44.8 Å². The monoisotopic (exact) mass is 490 g/mol. The first kappa shape index (κ1) is 25.1. The number of hydrogen-bond donors (Lipinski definition) is 4. The topological polar surface area (TPSA) is 90.2 Å². The van der Waals surface area contributed by atoms with Crippen molar-refractivity contribution in [3.63, 3.8) is 0 Å². The summed E-state index contributed by atoms with van der Waals surface area (Å²) in [6.45, 7) is 15.0. The van der Waals surface area contributed by atoms with Gasteiger partial charge in [-0.2, -0.15) is 0 Å². The van der Waals surface area contributed by atoms with E-state index >= 15 is 0 Å². The van der Waals surface area contributed by atoms with Gasteiger partial charge in [0, 0.05) is 5.92 Å². The second-order valence-corrected chi connectivity index (χ2v) is 15.9. The van der Waals surface area contributed by atoms with Gasteiger partial charge in [-0.05, 0) is 117 Å². The quantitative estimate of drug-likeness (QED) is 0.460. The average molecular weight is 491 g/mol. The predicted molar refractivity (Wildman–Crippen MR) is 134 cm³/mol. The average Bonchev–Trinajstić information content (AvgIpc) is 3.08. The van der Waals surface area contributed by atoms with Crippen LogP contribution < -0.4 is 0 Å². The minimum absolute atomic E-state index is 0.0267. The first-order valence-corrected chi connectivity index (χ1v) is 14.4. The van der Waals surface area contributed by atoms with Crippen molar-refractivity contribution in [2.45, 2.75) is 142 Å². The highest BCUT2D eigenvalue weighted by Gasteiger charge is 2.84. The summed E-state index contributed by atoms with van der Waals surface area (Å²) in [7, 11) is 0. The van der Waals surface area contributed by atoms with Gasteiger partial charge in [0.2, 0.25) is 0 Å². The van der Waals surface area contributed by atoms with Crippen LogP contribution in [0.5, 0.6) is 0 Å². The molecule has 5 saturated carbocycles. The third kappa shape index (κ3) is 2.78. The Morgan fingerprint density at radius 3 is 2.09 bits per heavy atom. The van der Waals surface area contributed by atoms with E-state index in [4.69, 9.17) is 4.74 Å². The standard InChI is InChI=1S/C30H50O5/c1-24(2)20(33)8-11-30-16-29(30)13-12-26(5)23(28(7)10-9-21(35-28)25(3,4)34)18(32)15-27(26,6)19(29)14-17(31)22(24)30/h17-23,31-34H,8-16H2,1-7H3/t17-,18-,19-,20?,21-,22-,23-,26+,27-,28+,29-,30+/m0/s1. The van der Waals surface area contributed by atoms with E-state index in [0.29, 0.717) is 5.92 Å². The summed E-state index contributed by atoms with van der Waals surface area (Å²) in [5, 5.41) is 45.0. The van der Waals surface area contributed by atoms with Gasteiger partial charge in [-0.3, -0.25) is 0 Å². The minimum atomic E-state index is -0.886. The molecule has 1 aliphatic heterocycles. The minimum Gasteiger partial charge on any atom is -0.393 e. The second kappa shape index (κ2) is 6.86. The molecule has 6 fully saturated rings. The number of fused-ring (bicyclic) bond motifs is 2. The van der Waals surface area contributed by atoms with E-state index < -0.39 is 23.4 Å². The van der Waals surface area contributed by atoms with Gasteiger partial charge in [-0.25, -0.2) is 0 Å². The molecule has 5 heteroatoms. The van der Waals surface area contributed by atoms with Gasteiger partial charge in [0.25, 0.3) is 0 Å². The van der Waals surface area contributed by atoms with Gasteiger partial charge in [0.15, 0.2) is 0 Å². The molecule has 1 heterocycles. The zero-order chi connectivity index (χ0) is 25.6. The van der Waals surface area contributed by atoms with Crippen LogP contribution in [0.2, 0.25) is 0 Å². The van der Waals surface area contributed by atoms with Gasteiger partial charge in [-0.15, -0.1) is 0 Å². The molecule has 1 unspecified atom stereocenters. The lowest BCUT2D eigenvalue weighted by molar-refractivity contribution is -0.213. The molecule has 0 aromatic carbocycles. The summed E-state index contributed by atoms with van der Waals surface area (Å²) in [6.07, 6.45) is 7.18. The van der Waals surface area contributed by atoms with Crippen molar-refractivity contribution in [3.05, 3.63) is 0 Å². The normalized spacial score (nSPS) is 60.9. The molecule has 1 saturated heterocycles. The maximum absolute atomic E-state index is 11.7. The fraction of sp³-hybridized carbons (Fsp3) is 1.00. The number of hydrogen-bond acceptors (Lipinski definition) is 5. The summed E-state index contributed by atoms with van der Waals surface area (Å²) in [4.78, 5) is 0. The zero-order valence-corrected chi connectivity index (χ0v) is 23.1. The van der Waals surface area contributed by atoms with Crippen LogP contribution in [-0.2, 0) is 4.74 Å². The van der Waals surface area contributed by atoms with Crippen molar-refractivity contribution in [2.75, 3.05) is 0 Å². The smallest absolute Gasteiger partial charge is 0.0865 e. The molecule has 0 bridgehead atoms. The van der Waals surface area contributed by atoms with Crippen molar-refractivity contribution >= 4 is 0 Å². The Kier molecular flexibility index (Phi) is 4.92. The molecule has 0 radical (unpaired) electrons. The summed E-state index contributed by atoms with van der Waals surface area (Å²) in [6, 6.07) is 0. The second-order valence-electron chi connectivity index (χ2n) is 15.9. The molecule has 4 N–H and O–H groups in total. The lowest BCUT2D eigenvalue weighted by atomic mass is 9.41. The van der Waals surface area contributed by atoms with Gasteiger partial charge in [-0.1, -0.05) is 27.7 Å². The highest BCUT2D eigenvalue weighted by Crippen LogP contribution is 2.89. The highest BCUT2D eigenvalue weighted by atomic mass is 16.5. The van der Waals surface area contributed by atoms with E-state index in [9.17, 15) is 20.4 Å². The lowest BCUT2D eigenvalue weighted by Crippen LogP contribution is -2.62. The predicted octanol–water partition coefficient (Wildman–Crippen LogP) is 4.44. The molecule has 6 aliphatic rings. The molecule has 0 amide bonds. The van der Waals surface area contributed by atoms with E-state index in [1.54, 1.807) is 0 Å².